The number of rotatable bonds is 7. The number of hydrogen-bond acceptors (Lipinski definition) is 3. The Morgan fingerprint density at radius 2 is 1.88 bits per heavy atom. The molecule has 0 saturated carbocycles. The average Bonchev–Trinajstić information content (AvgIpc) is 2.61. The second kappa shape index (κ2) is 8.76. The molecule has 0 saturated heterocycles. The SMILES string of the molecule is CCC(C)C(N)C(=O)Nc1cccc(CS(=O)c2ccccc2)c1. The molecule has 0 fully saturated rings. The van der Waals surface area contributed by atoms with E-state index >= 15 is 0 Å². The van der Waals surface area contributed by atoms with Crippen LogP contribution < -0.4 is 11.1 Å². The summed E-state index contributed by atoms with van der Waals surface area (Å²) in [6, 6.07) is 16.3. The molecule has 5 heteroatoms. The molecule has 128 valence electrons. The summed E-state index contributed by atoms with van der Waals surface area (Å²) in [5.41, 5.74) is 7.54. The molecule has 2 aromatic carbocycles. The second-order valence-corrected chi connectivity index (χ2v) is 7.35. The van der Waals surface area contributed by atoms with Crippen LogP contribution in [0.15, 0.2) is 59.5 Å². The number of hydrogen-bond donors (Lipinski definition) is 2. The lowest BCUT2D eigenvalue weighted by atomic mass is 9.99. The number of nitrogens with two attached hydrogens (primary N) is 1. The van der Waals surface area contributed by atoms with Crippen LogP contribution in [0, 0.1) is 5.92 Å². The largest absolute Gasteiger partial charge is 0.325 e. The van der Waals surface area contributed by atoms with Gasteiger partial charge in [-0.25, -0.2) is 0 Å². The minimum absolute atomic E-state index is 0.124. The van der Waals surface area contributed by atoms with Gasteiger partial charge in [0.25, 0.3) is 0 Å². The van der Waals surface area contributed by atoms with Gasteiger partial charge in [-0.1, -0.05) is 50.6 Å². The van der Waals surface area contributed by atoms with E-state index in [9.17, 15) is 9.00 Å². The molecule has 3 unspecified atom stereocenters. The molecular formula is C19H24N2O2S. The van der Waals surface area contributed by atoms with Gasteiger partial charge in [0.1, 0.15) is 0 Å². The maximum absolute atomic E-state index is 12.4. The maximum Gasteiger partial charge on any atom is 0.241 e. The third-order valence-corrected chi connectivity index (χ3v) is 5.45. The van der Waals surface area contributed by atoms with Crippen LogP contribution in [0.1, 0.15) is 25.8 Å². The fraction of sp³-hybridized carbons (Fsp3) is 0.316. The molecule has 0 aliphatic rings. The van der Waals surface area contributed by atoms with Gasteiger partial charge in [0.05, 0.1) is 22.6 Å². The van der Waals surface area contributed by atoms with Crippen molar-refractivity contribution in [3.8, 4) is 0 Å². The van der Waals surface area contributed by atoms with E-state index in [4.69, 9.17) is 5.73 Å². The Bertz CT molecular complexity index is 704. The van der Waals surface area contributed by atoms with Crippen LogP contribution >= 0.6 is 0 Å². The zero-order valence-corrected chi connectivity index (χ0v) is 14.9. The summed E-state index contributed by atoms with van der Waals surface area (Å²) in [7, 11) is -1.11. The lowest BCUT2D eigenvalue weighted by Crippen LogP contribution is -2.40. The number of carbonyl (C=O) groups excluding carboxylic acids is 1. The Labute approximate surface area is 145 Å². The van der Waals surface area contributed by atoms with Crippen LogP contribution in [0.2, 0.25) is 0 Å². The van der Waals surface area contributed by atoms with Crippen molar-refractivity contribution in [2.45, 2.75) is 37.0 Å². The fourth-order valence-corrected chi connectivity index (χ4v) is 3.39. The second-order valence-electron chi connectivity index (χ2n) is 5.90. The summed E-state index contributed by atoms with van der Waals surface area (Å²) in [6.45, 7) is 3.97. The summed E-state index contributed by atoms with van der Waals surface area (Å²) in [5.74, 6) is 0.343. The van der Waals surface area contributed by atoms with E-state index in [0.29, 0.717) is 11.4 Å². The molecule has 0 aliphatic heterocycles. The zero-order chi connectivity index (χ0) is 17.5. The van der Waals surface area contributed by atoms with Crippen molar-refractivity contribution < 1.29 is 9.00 Å². The van der Waals surface area contributed by atoms with E-state index in [-0.39, 0.29) is 11.8 Å². The van der Waals surface area contributed by atoms with Crippen molar-refractivity contribution in [3.63, 3.8) is 0 Å². The highest BCUT2D eigenvalue weighted by atomic mass is 32.2. The predicted octanol–water partition coefficient (Wildman–Crippen LogP) is 3.31. The van der Waals surface area contributed by atoms with E-state index in [1.165, 1.54) is 0 Å². The van der Waals surface area contributed by atoms with Gasteiger partial charge in [-0.3, -0.25) is 9.00 Å². The van der Waals surface area contributed by atoms with Crippen LogP contribution in [0.4, 0.5) is 5.69 Å². The number of amides is 1. The first kappa shape index (κ1) is 18.4. The van der Waals surface area contributed by atoms with Crippen molar-refractivity contribution >= 4 is 22.4 Å². The monoisotopic (exact) mass is 344 g/mol. The summed E-state index contributed by atoms with van der Waals surface area (Å²) in [6.07, 6.45) is 0.852. The van der Waals surface area contributed by atoms with Gasteiger partial charge in [0, 0.05) is 10.6 Å². The Morgan fingerprint density at radius 3 is 2.54 bits per heavy atom. The van der Waals surface area contributed by atoms with E-state index in [1.54, 1.807) is 0 Å². The first-order valence-corrected chi connectivity index (χ1v) is 9.42. The van der Waals surface area contributed by atoms with Crippen molar-refractivity contribution in [2.75, 3.05) is 5.32 Å². The molecule has 0 heterocycles. The highest BCUT2D eigenvalue weighted by molar-refractivity contribution is 7.84. The highest BCUT2D eigenvalue weighted by Gasteiger charge is 2.19. The zero-order valence-electron chi connectivity index (χ0n) is 14.1. The highest BCUT2D eigenvalue weighted by Crippen LogP contribution is 2.17. The molecule has 4 nitrogen and oxygen atoms in total. The molecule has 0 bridgehead atoms. The van der Waals surface area contributed by atoms with Gasteiger partial charge in [0.15, 0.2) is 0 Å². The van der Waals surface area contributed by atoms with E-state index in [2.05, 4.69) is 5.32 Å². The summed E-state index contributed by atoms with van der Waals surface area (Å²) in [4.78, 5) is 13.0. The smallest absolute Gasteiger partial charge is 0.241 e. The molecular weight excluding hydrogens is 320 g/mol. The molecule has 2 rings (SSSR count). The first-order chi connectivity index (χ1) is 11.5. The lowest BCUT2D eigenvalue weighted by molar-refractivity contribution is -0.118. The summed E-state index contributed by atoms with van der Waals surface area (Å²) in [5, 5.41) is 2.85. The third kappa shape index (κ3) is 5.01. The summed E-state index contributed by atoms with van der Waals surface area (Å²) < 4.78 is 12.4. The molecule has 2 aromatic rings. The van der Waals surface area contributed by atoms with Crippen molar-refractivity contribution in [1.29, 1.82) is 0 Å². The molecule has 3 N–H and O–H groups in total. The topological polar surface area (TPSA) is 72.2 Å². The van der Waals surface area contributed by atoms with Gasteiger partial charge in [-0.05, 0) is 35.7 Å². The standard InChI is InChI=1S/C19H24N2O2S/c1-3-14(2)18(20)19(22)21-16-9-7-8-15(12-16)13-24(23)17-10-5-4-6-11-17/h4-12,14,18H,3,13,20H2,1-2H3,(H,21,22). The number of nitrogens with one attached hydrogen (secondary N) is 1. The lowest BCUT2D eigenvalue weighted by Gasteiger charge is -2.18. The Hall–Kier alpha value is -1.98. The number of carbonyl (C=O) groups is 1. The van der Waals surface area contributed by atoms with Crippen molar-refractivity contribution in [2.24, 2.45) is 11.7 Å². The number of benzene rings is 2. The van der Waals surface area contributed by atoms with Crippen LogP contribution in [0.25, 0.3) is 0 Å². The van der Waals surface area contributed by atoms with E-state index in [1.807, 2.05) is 68.4 Å². The average molecular weight is 344 g/mol. The number of anilines is 1. The van der Waals surface area contributed by atoms with Crippen LogP contribution in [0.5, 0.6) is 0 Å². The Balaban J connectivity index is 2.04. The minimum atomic E-state index is -1.11. The van der Waals surface area contributed by atoms with Gasteiger partial charge in [-0.15, -0.1) is 0 Å². The van der Waals surface area contributed by atoms with Gasteiger partial charge in [-0.2, -0.15) is 0 Å². The molecule has 24 heavy (non-hydrogen) atoms. The van der Waals surface area contributed by atoms with Crippen molar-refractivity contribution in [1.82, 2.24) is 0 Å². The molecule has 0 radical (unpaired) electrons. The van der Waals surface area contributed by atoms with E-state index in [0.717, 1.165) is 16.9 Å². The fourth-order valence-electron chi connectivity index (χ4n) is 2.28. The molecule has 1 amide bonds. The minimum Gasteiger partial charge on any atom is -0.325 e. The quantitative estimate of drug-likeness (QED) is 0.809. The van der Waals surface area contributed by atoms with Crippen LogP contribution in [-0.4, -0.2) is 16.2 Å². The van der Waals surface area contributed by atoms with Crippen LogP contribution in [-0.2, 0) is 21.3 Å². The molecule has 0 aromatic heterocycles. The maximum atomic E-state index is 12.4. The first-order valence-electron chi connectivity index (χ1n) is 8.10. The van der Waals surface area contributed by atoms with Gasteiger partial charge < -0.3 is 11.1 Å². The van der Waals surface area contributed by atoms with Crippen molar-refractivity contribution in [3.05, 3.63) is 60.2 Å². The van der Waals surface area contributed by atoms with E-state index < -0.39 is 16.8 Å². The Morgan fingerprint density at radius 1 is 1.17 bits per heavy atom. The molecule has 0 aliphatic carbocycles. The van der Waals surface area contributed by atoms with Gasteiger partial charge >= 0.3 is 0 Å². The molecule has 3 atom stereocenters. The predicted molar refractivity (Wildman–Crippen MR) is 99.1 cm³/mol. The third-order valence-electron chi connectivity index (χ3n) is 4.06. The molecule has 0 spiro atoms. The summed E-state index contributed by atoms with van der Waals surface area (Å²) >= 11 is 0. The Kier molecular flexibility index (Phi) is 6.70. The van der Waals surface area contributed by atoms with Crippen LogP contribution in [0.3, 0.4) is 0 Å². The van der Waals surface area contributed by atoms with Gasteiger partial charge in [0.2, 0.25) is 5.91 Å². The normalized spacial score (nSPS) is 14.6.